The third-order valence-electron chi connectivity index (χ3n) is 1.07. The second-order valence-corrected chi connectivity index (χ2v) is 2.03. The van der Waals surface area contributed by atoms with E-state index in [9.17, 15) is 4.79 Å². The molecule has 11 heavy (non-hydrogen) atoms. The minimum atomic E-state index is -0.276. The summed E-state index contributed by atoms with van der Waals surface area (Å²) in [5.74, 6) is -0.0511. The molecular formula is C6H9N3O2. The maximum Gasteiger partial charge on any atom is 0.312 e. The largest absolute Gasteiger partial charge is 0.404 e. The number of esters is 1. The Balaban J connectivity index is 2.37. The summed E-state index contributed by atoms with van der Waals surface area (Å²) in [5, 5.41) is 9.38. The average Bonchev–Trinajstić information content (AvgIpc) is 2.40. The van der Waals surface area contributed by atoms with Gasteiger partial charge in [-0.3, -0.25) is 4.79 Å². The van der Waals surface area contributed by atoms with E-state index >= 15 is 0 Å². The fourth-order valence-corrected chi connectivity index (χ4v) is 0.612. The molecule has 1 aromatic rings. The normalized spacial score (nSPS) is 9.55. The van der Waals surface area contributed by atoms with E-state index < -0.39 is 0 Å². The van der Waals surface area contributed by atoms with Crippen LogP contribution >= 0.6 is 0 Å². The van der Waals surface area contributed by atoms with E-state index in [0.29, 0.717) is 6.42 Å². The van der Waals surface area contributed by atoms with Gasteiger partial charge in [0.1, 0.15) is 6.20 Å². The first-order valence-electron chi connectivity index (χ1n) is 3.39. The van der Waals surface area contributed by atoms with Crippen molar-refractivity contribution in [1.29, 1.82) is 0 Å². The van der Waals surface area contributed by atoms with Gasteiger partial charge in [0.25, 0.3) is 5.88 Å². The molecule has 0 radical (unpaired) electrons. The zero-order valence-corrected chi connectivity index (χ0v) is 6.20. The second kappa shape index (κ2) is 3.70. The molecule has 1 rings (SSSR count). The summed E-state index contributed by atoms with van der Waals surface area (Å²) in [4.78, 5) is 10.8. The van der Waals surface area contributed by atoms with E-state index in [0.717, 1.165) is 6.42 Å². The minimum Gasteiger partial charge on any atom is -0.404 e. The van der Waals surface area contributed by atoms with Gasteiger partial charge >= 0.3 is 5.97 Å². The molecule has 1 heterocycles. The van der Waals surface area contributed by atoms with Gasteiger partial charge in [0.2, 0.25) is 0 Å². The van der Waals surface area contributed by atoms with Crippen molar-refractivity contribution in [2.24, 2.45) is 0 Å². The lowest BCUT2D eigenvalue weighted by Crippen LogP contribution is -2.06. The number of hydrogen-bond acceptors (Lipinski definition) is 4. The average molecular weight is 155 g/mol. The van der Waals surface area contributed by atoms with Crippen LogP contribution in [0, 0.1) is 0 Å². The van der Waals surface area contributed by atoms with Crippen LogP contribution < -0.4 is 4.74 Å². The number of rotatable bonds is 3. The number of carbonyl (C=O) groups excluding carboxylic acids is 1. The van der Waals surface area contributed by atoms with Gasteiger partial charge in [0, 0.05) is 6.42 Å². The second-order valence-electron chi connectivity index (χ2n) is 2.03. The van der Waals surface area contributed by atoms with Crippen LogP contribution in [0.15, 0.2) is 6.20 Å². The molecular weight excluding hydrogens is 146 g/mol. The molecule has 0 fully saturated rings. The molecule has 60 valence electrons. The number of ether oxygens (including phenoxy) is 1. The van der Waals surface area contributed by atoms with Gasteiger partial charge in [-0.1, -0.05) is 6.92 Å². The Kier molecular flexibility index (Phi) is 2.59. The predicted octanol–water partition coefficient (Wildman–Crippen LogP) is 0.510. The Morgan fingerprint density at radius 3 is 3.18 bits per heavy atom. The van der Waals surface area contributed by atoms with Crippen LogP contribution in [0.25, 0.3) is 0 Å². The summed E-state index contributed by atoms with van der Waals surface area (Å²) in [7, 11) is 0. The standard InChI is InChI=1S/C6H9N3O2/c1-2-3-6(10)11-5-4-7-9-8-5/h4H,2-3H2,1H3,(H,7,8,9). The Morgan fingerprint density at radius 1 is 1.82 bits per heavy atom. The molecule has 0 atom stereocenters. The molecule has 0 aliphatic carbocycles. The molecule has 0 saturated heterocycles. The summed E-state index contributed by atoms with van der Waals surface area (Å²) in [5.41, 5.74) is 0. The number of hydrogen-bond donors (Lipinski definition) is 1. The molecule has 0 unspecified atom stereocenters. The molecule has 5 nitrogen and oxygen atoms in total. The van der Waals surface area contributed by atoms with E-state index in [4.69, 9.17) is 4.74 Å². The highest BCUT2D eigenvalue weighted by Crippen LogP contribution is 2.01. The van der Waals surface area contributed by atoms with Crippen molar-refractivity contribution in [2.75, 3.05) is 0 Å². The Bertz CT molecular complexity index is 220. The predicted molar refractivity (Wildman–Crippen MR) is 36.9 cm³/mol. The summed E-state index contributed by atoms with van der Waals surface area (Å²) in [6.45, 7) is 1.91. The summed E-state index contributed by atoms with van der Waals surface area (Å²) < 4.78 is 4.75. The zero-order valence-electron chi connectivity index (χ0n) is 6.20. The monoisotopic (exact) mass is 155 g/mol. The molecule has 5 heteroatoms. The highest BCUT2D eigenvalue weighted by molar-refractivity contribution is 5.71. The van der Waals surface area contributed by atoms with Gasteiger partial charge in [0.05, 0.1) is 0 Å². The van der Waals surface area contributed by atoms with E-state index in [1.165, 1.54) is 6.20 Å². The lowest BCUT2D eigenvalue weighted by Gasteiger charge is -1.95. The van der Waals surface area contributed by atoms with Crippen LogP contribution in [-0.4, -0.2) is 21.4 Å². The van der Waals surface area contributed by atoms with E-state index in [-0.39, 0.29) is 11.8 Å². The third kappa shape index (κ3) is 2.37. The smallest absolute Gasteiger partial charge is 0.312 e. The number of carbonyl (C=O) groups is 1. The molecule has 0 aliphatic rings. The Morgan fingerprint density at radius 2 is 2.64 bits per heavy atom. The van der Waals surface area contributed by atoms with Crippen LogP contribution in [0.5, 0.6) is 5.88 Å². The molecule has 0 aromatic carbocycles. The highest BCUT2D eigenvalue weighted by Gasteiger charge is 2.03. The molecule has 0 saturated carbocycles. The fourth-order valence-electron chi connectivity index (χ4n) is 0.612. The molecule has 0 amide bonds. The first-order chi connectivity index (χ1) is 5.33. The lowest BCUT2D eigenvalue weighted by atomic mass is 10.3. The van der Waals surface area contributed by atoms with Crippen LogP contribution in [0.2, 0.25) is 0 Å². The van der Waals surface area contributed by atoms with Crippen molar-refractivity contribution in [3.63, 3.8) is 0 Å². The number of H-pyrrole nitrogens is 1. The molecule has 1 N–H and O–H groups in total. The van der Waals surface area contributed by atoms with Crippen molar-refractivity contribution in [3.05, 3.63) is 6.20 Å². The van der Waals surface area contributed by atoms with E-state index in [1.54, 1.807) is 0 Å². The minimum absolute atomic E-state index is 0.225. The van der Waals surface area contributed by atoms with Crippen LogP contribution in [0.3, 0.4) is 0 Å². The van der Waals surface area contributed by atoms with E-state index in [1.807, 2.05) is 6.92 Å². The van der Waals surface area contributed by atoms with Crippen LogP contribution in [0.1, 0.15) is 19.8 Å². The number of nitrogens with zero attached hydrogens (tertiary/aromatic N) is 2. The summed E-state index contributed by atoms with van der Waals surface area (Å²) >= 11 is 0. The molecule has 0 spiro atoms. The van der Waals surface area contributed by atoms with Gasteiger partial charge in [-0.25, -0.2) is 0 Å². The maximum absolute atomic E-state index is 10.8. The lowest BCUT2D eigenvalue weighted by molar-refractivity contribution is -0.134. The van der Waals surface area contributed by atoms with Gasteiger partial charge < -0.3 is 4.74 Å². The van der Waals surface area contributed by atoms with Crippen molar-refractivity contribution in [3.8, 4) is 5.88 Å². The zero-order chi connectivity index (χ0) is 8.10. The molecule has 0 aliphatic heterocycles. The highest BCUT2D eigenvalue weighted by atomic mass is 16.5. The third-order valence-corrected chi connectivity index (χ3v) is 1.07. The van der Waals surface area contributed by atoms with Gasteiger partial charge in [0.15, 0.2) is 0 Å². The topological polar surface area (TPSA) is 67.9 Å². The SMILES string of the molecule is CCCC(=O)Oc1cn[nH]n1. The van der Waals surface area contributed by atoms with Gasteiger partial charge in [-0.2, -0.15) is 10.3 Å². The van der Waals surface area contributed by atoms with Crippen molar-refractivity contribution in [1.82, 2.24) is 15.4 Å². The fraction of sp³-hybridized carbons (Fsp3) is 0.500. The molecule has 0 bridgehead atoms. The first-order valence-corrected chi connectivity index (χ1v) is 3.39. The quantitative estimate of drug-likeness (QED) is 0.646. The van der Waals surface area contributed by atoms with E-state index in [2.05, 4.69) is 15.4 Å². The van der Waals surface area contributed by atoms with Crippen molar-refractivity contribution in [2.45, 2.75) is 19.8 Å². The van der Waals surface area contributed by atoms with Crippen molar-refractivity contribution < 1.29 is 9.53 Å². The van der Waals surface area contributed by atoms with Crippen molar-refractivity contribution >= 4 is 5.97 Å². The molecule has 1 aromatic heterocycles. The summed E-state index contributed by atoms with van der Waals surface area (Å²) in [6.07, 6.45) is 2.54. The first kappa shape index (κ1) is 7.71. The van der Waals surface area contributed by atoms with Crippen LogP contribution in [-0.2, 0) is 4.79 Å². The summed E-state index contributed by atoms with van der Waals surface area (Å²) in [6, 6.07) is 0. The number of aromatic amines is 1. The number of aromatic nitrogens is 3. The Labute approximate surface area is 63.8 Å². The van der Waals surface area contributed by atoms with Crippen LogP contribution in [0.4, 0.5) is 0 Å². The maximum atomic E-state index is 10.8. The van der Waals surface area contributed by atoms with Gasteiger partial charge in [-0.15, -0.1) is 5.10 Å². The Hall–Kier alpha value is -1.39. The van der Waals surface area contributed by atoms with Gasteiger partial charge in [-0.05, 0) is 6.42 Å². The number of nitrogens with one attached hydrogen (secondary N) is 1.